The first-order valence-corrected chi connectivity index (χ1v) is 9.86. The maximum absolute atomic E-state index is 12.6. The second-order valence-corrected chi connectivity index (χ2v) is 8.29. The monoisotopic (exact) mass is 417 g/mol. The van der Waals surface area contributed by atoms with Gasteiger partial charge < -0.3 is 9.47 Å². The van der Waals surface area contributed by atoms with E-state index in [1.54, 1.807) is 12.0 Å². The molecule has 1 aliphatic carbocycles. The highest BCUT2D eigenvalue weighted by atomic mass is 35.5. The molecule has 28 heavy (non-hydrogen) atoms. The molecular weight excluding hydrogens is 397 g/mol. The van der Waals surface area contributed by atoms with Gasteiger partial charge in [-0.05, 0) is 29.7 Å². The van der Waals surface area contributed by atoms with Crippen molar-refractivity contribution >= 4 is 29.3 Å². The van der Waals surface area contributed by atoms with E-state index in [-0.39, 0.29) is 23.5 Å². The molecule has 1 saturated carbocycles. The van der Waals surface area contributed by atoms with Crippen molar-refractivity contribution in [2.24, 2.45) is 5.41 Å². The summed E-state index contributed by atoms with van der Waals surface area (Å²) in [5, 5.41) is 1.07. The van der Waals surface area contributed by atoms with Crippen molar-refractivity contribution in [3.05, 3.63) is 82.0 Å². The molecule has 4 nitrogen and oxygen atoms in total. The van der Waals surface area contributed by atoms with E-state index >= 15 is 0 Å². The lowest BCUT2D eigenvalue weighted by Crippen LogP contribution is -2.40. The van der Waals surface area contributed by atoms with Gasteiger partial charge in [0.25, 0.3) is 0 Å². The molecule has 6 heteroatoms. The summed E-state index contributed by atoms with van der Waals surface area (Å²) >= 11 is 12.3. The van der Waals surface area contributed by atoms with Crippen LogP contribution in [0.1, 0.15) is 17.5 Å². The van der Waals surface area contributed by atoms with Crippen LogP contribution in [0, 0.1) is 5.41 Å². The van der Waals surface area contributed by atoms with Crippen LogP contribution in [-0.2, 0) is 21.5 Å². The number of carbonyl (C=O) groups excluding carboxylic acids is 1. The third-order valence-corrected chi connectivity index (χ3v) is 6.48. The molecule has 0 spiro atoms. The predicted molar refractivity (Wildman–Crippen MR) is 110 cm³/mol. The zero-order valence-electron chi connectivity index (χ0n) is 15.5. The number of halogens is 2. The lowest BCUT2D eigenvalue weighted by atomic mass is 9.84. The molecule has 0 aromatic heterocycles. The van der Waals surface area contributed by atoms with Crippen molar-refractivity contribution in [3.63, 3.8) is 0 Å². The predicted octanol–water partition coefficient (Wildman–Crippen LogP) is 5.43. The van der Waals surface area contributed by atoms with Gasteiger partial charge in [0.1, 0.15) is 6.61 Å². The summed E-state index contributed by atoms with van der Waals surface area (Å²) in [6.07, 6.45) is 4.41. The van der Waals surface area contributed by atoms with Crippen molar-refractivity contribution < 1.29 is 14.3 Å². The minimum absolute atomic E-state index is 0.195. The Balaban J connectivity index is 1.53. The third kappa shape index (κ3) is 3.30. The van der Waals surface area contributed by atoms with E-state index in [1.807, 2.05) is 54.7 Å². The maximum atomic E-state index is 12.6. The van der Waals surface area contributed by atoms with Crippen molar-refractivity contribution in [2.75, 3.05) is 20.3 Å². The topological polar surface area (TPSA) is 38.8 Å². The molecule has 146 valence electrons. The normalized spacial score (nSPS) is 25.3. The highest BCUT2D eigenvalue weighted by Crippen LogP contribution is 2.67. The fourth-order valence-electron chi connectivity index (χ4n) is 4.23. The number of benzene rings is 2. The number of allylic oxidation sites excluding steroid dienone is 1. The summed E-state index contributed by atoms with van der Waals surface area (Å²) in [6, 6.07) is 15.4. The molecule has 1 heterocycles. The zero-order valence-corrected chi connectivity index (χ0v) is 17.0. The van der Waals surface area contributed by atoms with Crippen molar-refractivity contribution in [2.45, 2.75) is 18.4 Å². The lowest BCUT2D eigenvalue weighted by Gasteiger charge is -2.33. The molecule has 1 aliphatic heterocycles. The van der Waals surface area contributed by atoms with Crippen LogP contribution in [0.15, 0.2) is 60.8 Å². The third-order valence-electron chi connectivity index (χ3n) is 5.75. The Hall–Kier alpha value is -2.01. The van der Waals surface area contributed by atoms with Gasteiger partial charge in [-0.1, -0.05) is 65.7 Å². The number of nitrogens with zero attached hydrogens (tertiary/aromatic N) is 1. The Bertz CT molecular complexity index is 917. The number of ether oxygens (including phenoxy) is 2. The molecule has 2 atom stereocenters. The first kappa shape index (κ1) is 19.3. The number of rotatable bonds is 5. The van der Waals surface area contributed by atoms with Gasteiger partial charge in [0.15, 0.2) is 0 Å². The first-order chi connectivity index (χ1) is 13.5. The summed E-state index contributed by atoms with van der Waals surface area (Å²) in [6.45, 7) is 1.32. The number of amides is 1. The van der Waals surface area contributed by atoms with E-state index in [9.17, 15) is 4.79 Å². The molecule has 4 rings (SSSR count). The molecule has 2 aliphatic rings. The molecule has 1 amide bonds. The van der Waals surface area contributed by atoms with Gasteiger partial charge in [0.2, 0.25) is 0 Å². The summed E-state index contributed by atoms with van der Waals surface area (Å²) in [5.41, 5.74) is 1.65. The van der Waals surface area contributed by atoms with Gasteiger partial charge in [0, 0.05) is 30.7 Å². The molecule has 0 N–H and O–H groups in total. The van der Waals surface area contributed by atoms with E-state index in [0.29, 0.717) is 23.2 Å². The SMILES string of the molecule is COC[C@]12CN(C(=O)OCc3ccccc3)C=C[C@@]1(c1ccc(Cl)c(Cl)c1)C2. The Kier molecular flexibility index (Phi) is 5.13. The van der Waals surface area contributed by atoms with E-state index in [0.717, 1.165) is 17.5 Å². The van der Waals surface area contributed by atoms with Crippen molar-refractivity contribution in [3.8, 4) is 0 Å². The van der Waals surface area contributed by atoms with Gasteiger partial charge >= 0.3 is 6.09 Å². The standard InChI is InChI=1S/C22H21Cl2NO3/c1-27-15-21-13-22(21,17-7-8-18(23)19(24)11-17)9-10-25(14-21)20(26)28-12-16-5-3-2-4-6-16/h2-11H,12-15H2,1H3/t21-,22-/m0/s1. The second kappa shape index (κ2) is 7.43. The van der Waals surface area contributed by atoms with E-state index in [1.165, 1.54) is 0 Å². The average molecular weight is 418 g/mol. The highest BCUT2D eigenvalue weighted by Gasteiger charge is 2.69. The van der Waals surface area contributed by atoms with Crippen LogP contribution in [0.4, 0.5) is 4.79 Å². The second-order valence-electron chi connectivity index (χ2n) is 7.47. The fourth-order valence-corrected chi connectivity index (χ4v) is 4.52. The van der Waals surface area contributed by atoms with Crippen LogP contribution < -0.4 is 0 Å². The summed E-state index contributed by atoms with van der Waals surface area (Å²) in [5.74, 6) is 0. The Labute approximate surface area is 174 Å². The number of carbonyl (C=O) groups is 1. The molecular formula is C22H21Cl2NO3. The van der Waals surface area contributed by atoms with Crippen LogP contribution in [0.25, 0.3) is 0 Å². The minimum atomic E-state index is -0.356. The lowest BCUT2D eigenvalue weighted by molar-refractivity contribution is 0.0785. The number of hydrogen-bond donors (Lipinski definition) is 0. The van der Waals surface area contributed by atoms with Crippen molar-refractivity contribution in [1.82, 2.24) is 4.90 Å². The molecule has 0 unspecified atom stereocenters. The highest BCUT2D eigenvalue weighted by molar-refractivity contribution is 6.42. The van der Waals surface area contributed by atoms with Gasteiger partial charge in [-0.15, -0.1) is 0 Å². The maximum Gasteiger partial charge on any atom is 0.414 e. The first-order valence-electron chi connectivity index (χ1n) is 9.11. The van der Waals surface area contributed by atoms with Crippen molar-refractivity contribution in [1.29, 1.82) is 0 Å². The summed E-state index contributed by atoms with van der Waals surface area (Å²) in [4.78, 5) is 14.2. The Morgan fingerprint density at radius 2 is 1.93 bits per heavy atom. The van der Waals surface area contributed by atoms with E-state index < -0.39 is 0 Å². The van der Waals surface area contributed by atoms with Gasteiger partial charge in [0.05, 0.1) is 16.7 Å². The average Bonchev–Trinajstić information content (AvgIpc) is 3.38. The van der Waals surface area contributed by atoms with Gasteiger partial charge in [-0.2, -0.15) is 0 Å². The van der Waals surface area contributed by atoms with Gasteiger partial charge in [-0.3, -0.25) is 4.90 Å². The number of methoxy groups -OCH3 is 1. The molecule has 2 aromatic rings. The Morgan fingerprint density at radius 3 is 2.64 bits per heavy atom. The summed E-state index contributed by atoms with van der Waals surface area (Å²) in [7, 11) is 1.68. The number of hydrogen-bond acceptors (Lipinski definition) is 3. The molecule has 0 saturated heterocycles. The zero-order chi connectivity index (χ0) is 19.8. The fraction of sp³-hybridized carbons (Fsp3) is 0.318. The largest absolute Gasteiger partial charge is 0.444 e. The van der Waals surface area contributed by atoms with Crippen LogP contribution in [0.3, 0.4) is 0 Å². The van der Waals surface area contributed by atoms with E-state index in [2.05, 4.69) is 6.08 Å². The quantitative estimate of drug-likeness (QED) is 0.650. The molecule has 0 bridgehead atoms. The smallest absolute Gasteiger partial charge is 0.414 e. The van der Waals surface area contributed by atoms with Gasteiger partial charge in [-0.25, -0.2) is 4.79 Å². The molecule has 0 radical (unpaired) electrons. The number of fused-ring (bicyclic) bond motifs is 1. The summed E-state index contributed by atoms with van der Waals surface area (Å²) < 4.78 is 11.0. The Morgan fingerprint density at radius 1 is 1.14 bits per heavy atom. The minimum Gasteiger partial charge on any atom is -0.444 e. The molecule has 1 fully saturated rings. The van der Waals surface area contributed by atoms with E-state index in [4.69, 9.17) is 32.7 Å². The van der Waals surface area contributed by atoms with Crippen LogP contribution >= 0.6 is 23.2 Å². The van der Waals surface area contributed by atoms with Crippen LogP contribution in [-0.4, -0.2) is 31.3 Å². The van der Waals surface area contributed by atoms with Crippen LogP contribution in [0.5, 0.6) is 0 Å². The molecule has 2 aromatic carbocycles. The van der Waals surface area contributed by atoms with Crippen LogP contribution in [0.2, 0.25) is 10.0 Å².